The molecular formula is C11H14NO6S-. The molecule has 1 aromatic carbocycles. The number of benzene rings is 1. The molecule has 2 atom stereocenters. The molecular weight excluding hydrogens is 274 g/mol. The molecule has 19 heavy (non-hydrogen) atoms. The Hall–Kier alpha value is -1.64. The summed E-state index contributed by atoms with van der Waals surface area (Å²) in [6, 6.07) is 3.65. The van der Waals surface area contributed by atoms with Crippen LogP contribution in [0.15, 0.2) is 29.2 Å². The molecule has 0 aliphatic heterocycles. The van der Waals surface area contributed by atoms with Crippen LogP contribution in [0.25, 0.3) is 0 Å². The van der Waals surface area contributed by atoms with Gasteiger partial charge in [-0.25, -0.2) is 8.42 Å². The Morgan fingerprint density at radius 2 is 1.89 bits per heavy atom. The van der Waals surface area contributed by atoms with Gasteiger partial charge >= 0.3 is 0 Å². The van der Waals surface area contributed by atoms with Gasteiger partial charge in [0.05, 0.1) is 30.1 Å². The second-order valence-electron chi connectivity index (χ2n) is 3.83. The van der Waals surface area contributed by atoms with Gasteiger partial charge in [0, 0.05) is 0 Å². The van der Waals surface area contributed by atoms with Crippen molar-refractivity contribution < 1.29 is 28.2 Å². The fourth-order valence-electron chi connectivity index (χ4n) is 1.33. The summed E-state index contributed by atoms with van der Waals surface area (Å²) in [7, 11) is -2.63. The molecule has 1 rings (SSSR count). The van der Waals surface area contributed by atoms with Crippen molar-refractivity contribution in [2.24, 2.45) is 0 Å². The Morgan fingerprint density at radius 1 is 1.37 bits per heavy atom. The quantitative estimate of drug-likeness (QED) is 0.656. The smallest absolute Gasteiger partial charge is 0.241 e. The van der Waals surface area contributed by atoms with Crippen LogP contribution in [0.5, 0.6) is 5.75 Å². The van der Waals surface area contributed by atoms with Crippen molar-refractivity contribution in [2.45, 2.75) is 24.0 Å². The summed E-state index contributed by atoms with van der Waals surface area (Å²) in [5.41, 5.74) is 0. The van der Waals surface area contributed by atoms with Gasteiger partial charge in [0.25, 0.3) is 0 Å². The second-order valence-corrected chi connectivity index (χ2v) is 5.55. The number of carboxylic acid groups (broad SMARTS) is 1. The molecule has 0 aromatic heterocycles. The highest BCUT2D eigenvalue weighted by Gasteiger charge is 2.24. The fourth-order valence-corrected chi connectivity index (χ4v) is 2.59. The van der Waals surface area contributed by atoms with Gasteiger partial charge in [0.15, 0.2) is 0 Å². The number of hydrogen-bond acceptors (Lipinski definition) is 6. The van der Waals surface area contributed by atoms with Gasteiger partial charge in [-0.3, -0.25) is 0 Å². The number of hydrogen-bond donors (Lipinski definition) is 2. The van der Waals surface area contributed by atoms with Crippen molar-refractivity contribution in [3.05, 3.63) is 24.3 Å². The van der Waals surface area contributed by atoms with Gasteiger partial charge in [-0.15, -0.1) is 0 Å². The average molecular weight is 288 g/mol. The van der Waals surface area contributed by atoms with Crippen LogP contribution in [0.1, 0.15) is 6.92 Å². The minimum Gasteiger partial charge on any atom is -0.548 e. The lowest BCUT2D eigenvalue weighted by Crippen LogP contribution is -2.53. The normalized spacial score (nSPS) is 14.7. The van der Waals surface area contributed by atoms with E-state index in [1.165, 1.54) is 31.4 Å². The predicted molar refractivity (Wildman–Crippen MR) is 63.8 cm³/mol. The molecule has 0 unspecified atom stereocenters. The molecule has 0 amide bonds. The topological polar surface area (TPSA) is 116 Å². The molecule has 0 bridgehead atoms. The fraction of sp³-hybridized carbons (Fsp3) is 0.364. The van der Waals surface area contributed by atoms with E-state index in [2.05, 4.69) is 0 Å². The Kier molecular flexibility index (Phi) is 4.87. The molecule has 1 aromatic rings. The summed E-state index contributed by atoms with van der Waals surface area (Å²) in [5, 5.41) is 19.9. The molecule has 2 N–H and O–H groups in total. The molecule has 106 valence electrons. The van der Waals surface area contributed by atoms with E-state index in [0.29, 0.717) is 5.75 Å². The van der Waals surface area contributed by atoms with Crippen LogP contribution < -0.4 is 14.6 Å². The van der Waals surface area contributed by atoms with Crippen LogP contribution in [-0.4, -0.2) is 38.7 Å². The van der Waals surface area contributed by atoms with Gasteiger partial charge in [-0.1, -0.05) is 0 Å². The highest BCUT2D eigenvalue weighted by atomic mass is 32.2. The Labute approximate surface area is 110 Å². The van der Waals surface area contributed by atoms with E-state index >= 15 is 0 Å². The highest BCUT2D eigenvalue weighted by molar-refractivity contribution is 7.89. The Balaban J connectivity index is 2.99. The van der Waals surface area contributed by atoms with Crippen LogP contribution in [0, 0.1) is 0 Å². The van der Waals surface area contributed by atoms with Crippen molar-refractivity contribution in [3.63, 3.8) is 0 Å². The minimum absolute atomic E-state index is 0.139. The van der Waals surface area contributed by atoms with Gasteiger partial charge in [0.2, 0.25) is 10.0 Å². The number of carbonyl (C=O) groups is 1. The first-order chi connectivity index (χ1) is 8.77. The molecule has 8 heteroatoms. The summed E-state index contributed by atoms with van der Waals surface area (Å²) < 4.78 is 30.5. The Bertz CT molecular complexity index is 537. The predicted octanol–water partition coefficient (Wildman–Crippen LogP) is -1.53. The van der Waals surface area contributed by atoms with E-state index in [1.807, 2.05) is 4.72 Å². The summed E-state index contributed by atoms with van der Waals surface area (Å²) >= 11 is 0. The van der Waals surface area contributed by atoms with Crippen molar-refractivity contribution in [3.8, 4) is 5.75 Å². The summed E-state index contributed by atoms with van der Waals surface area (Å²) in [4.78, 5) is 10.6. The number of carboxylic acids is 1. The molecule has 7 nitrogen and oxygen atoms in total. The van der Waals surface area contributed by atoms with E-state index in [4.69, 9.17) is 4.74 Å². The lowest BCUT2D eigenvalue weighted by Gasteiger charge is -2.22. The molecule has 0 fully saturated rings. The molecule has 0 spiro atoms. The first kappa shape index (κ1) is 15.4. The third-order valence-corrected chi connectivity index (χ3v) is 3.85. The van der Waals surface area contributed by atoms with Crippen molar-refractivity contribution >= 4 is 16.0 Å². The lowest BCUT2D eigenvalue weighted by molar-refractivity contribution is -0.309. The van der Waals surface area contributed by atoms with Crippen molar-refractivity contribution in [2.75, 3.05) is 7.11 Å². The lowest BCUT2D eigenvalue weighted by atomic mass is 10.2. The zero-order valence-corrected chi connectivity index (χ0v) is 11.2. The zero-order valence-electron chi connectivity index (χ0n) is 10.4. The maximum absolute atomic E-state index is 11.9. The molecule has 0 aliphatic rings. The molecule has 0 saturated carbocycles. The van der Waals surface area contributed by atoms with Crippen LogP contribution >= 0.6 is 0 Å². The van der Waals surface area contributed by atoms with Crippen LogP contribution in [0.3, 0.4) is 0 Å². The van der Waals surface area contributed by atoms with Crippen LogP contribution in [-0.2, 0) is 14.8 Å². The summed E-state index contributed by atoms with van der Waals surface area (Å²) in [5.74, 6) is -1.24. The number of aliphatic hydroxyl groups is 1. The van der Waals surface area contributed by atoms with E-state index in [1.54, 1.807) is 0 Å². The SMILES string of the molecule is COc1ccc(S(=O)(=O)N[C@H](C(=O)[O-])[C@H](C)O)cc1. The third kappa shape index (κ3) is 3.91. The van der Waals surface area contributed by atoms with Crippen LogP contribution in [0.4, 0.5) is 0 Å². The minimum atomic E-state index is -4.06. The molecule has 0 radical (unpaired) electrons. The van der Waals surface area contributed by atoms with E-state index in [9.17, 15) is 23.4 Å². The average Bonchev–Trinajstić information content (AvgIpc) is 2.35. The number of aliphatic carboxylic acids is 1. The third-order valence-electron chi connectivity index (χ3n) is 2.39. The van der Waals surface area contributed by atoms with Gasteiger partial charge < -0.3 is 19.7 Å². The van der Waals surface area contributed by atoms with E-state index in [0.717, 1.165) is 6.92 Å². The number of sulfonamides is 1. The number of nitrogens with one attached hydrogen (secondary N) is 1. The molecule has 0 saturated heterocycles. The standard InChI is InChI=1S/C11H15NO6S/c1-7(13)10(11(14)15)12-19(16,17)9-5-3-8(18-2)4-6-9/h3-7,10,12-13H,1-2H3,(H,14,15)/p-1/t7-,10-/m0/s1. The largest absolute Gasteiger partial charge is 0.548 e. The number of rotatable bonds is 6. The first-order valence-electron chi connectivity index (χ1n) is 5.33. The zero-order chi connectivity index (χ0) is 14.6. The number of aliphatic hydroxyl groups excluding tert-OH is 1. The first-order valence-corrected chi connectivity index (χ1v) is 6.81. The number of carbonyl (C=O) groups excluding carboxylic acids is 1. The van der Waals surface area contributed by atoms with Crippen molar-refractivity contribution in [1.82, 2.24) is 4.72 Å². The monoisotopic (exact) mass is 288 g/mol. The van der Waals surface area contributed by atoms with E-state index in [-0.39, 0.29) is 4.90 Å². The highest BCUT2D eigenvalue weighted by Crippen LogP contribution is 2.15. The second kappa shape index (κ2) is 6.00. The van der Waals surface area contributed by atoms with Crippen LogP contribution in [0.2, 0.25) is 0 Å². The van der Waals surface area contributed by atoms with Crippen molar-refractivity contribution in [1.29, 1.82) is 0 Å². The van der Waals surface area contributed by atoms with Gasteiger partial charge in [-0.2, -0.15) is 4.72 Å². The summed E-state index contributed by atoms with van der Waals surface area (Å²) in [6.45, 7) is 1.15. The van der Waals surface area contributed by atoms with Gasteiger partial charge in [0.1, 0.15) is 5.75 Å². The molecule has 0 heterocycles. The Morgan fingerprint density at radius 3 is 2.26 bits per heavy atom. The van der Waals surface area contributed by atoms with Gasteiger partial charge in [-0.05, 0) is 31.2 Å². The number of methoxy groups -OCH3 is 1. The number of ether oxygens (including phenoxy) is 1. The van der Waals surface area contributed by atoms with E-state index < -0.39 is 28.1 Å². The maximum Gasteiger partial charge on any atom is 0.241 e. The summed E-state index contributed by atoms with van der Waals surface area (Å²) in [6.07, 6.45) is -1.42. The maximum atomic E-state index is 11.9. The molecule has 0 aliphatic carbocycles.